The van der Waals surface area contributed by atoms with Crippen LogP contribution < -0.4 is 0 Å². The van der Waals surface area contributed by atoms with Crippen LogP contribution in [0.2, 0.25) is 0 Å². The van der Waals surface area contributed by atoms with E-state index in [0.29, 0.717) is 13.0 Å². The molecule has 112 valence electrons. The summed E-state index contributed by atoms with van der Waals surface area (Å²) in [5.74, 6) is -1.52. The Morgan fingerprint density at radius 2 is 2.20 bits per heavy atom. The van der Waals surface area contributed by atoms with E-state index >= 15 is 0 Å². The Bertz CT molecular complexity index is 550. The second-order valence-electron chi connectivity index (χ2n) is 4.45. The van der Waals surface area contributed by atoms with Crippen molar-refractivity contribution in [2.24, 2.45) is 5.92 Å². The average Bonchev–Trinajstić information content (AvgIpc) is 2.69. The highest BCUT2D eigenvalue weighted by Gasteiger charge is 2.29. The quantitative estimate of drug-likeness (QED) is 0.456. The van der Waals surface area contributed by atoms with Crippen LogP contribution >= 0.6 is 0 Å². The molecule has 1 N–H and O–H groups in total. The van der Waals surface area contributed by atoms with Gasteiger partial charge in [0.1, 0.15) is 0 Å². The van der Waals surface area contributed by atoms with Crippen molar-refractivity contribution in [2.75, 3.05) is 6.54 Å². The Hall–Kier alpha value is -1.67. The number of esters is 1. The van der Waals surface area contributed by atoms with Crippen molar-refractivity contribution in [3.05, 3.63) is 24.4 Å². The molecule has 0 spiro atoms. The molecular weight excluding hydrogens is 286 g/mol. The van der Waals surface area contributed by atoms with E-state index < -0.39 is 27.4 Å². The number of carbonyl (C=O) groups is 2. The third kappa shape index (κ3) is 3.91. The molecule has 0 radical (unpaired) electrons. The minimum Gasteiger partial charge on any atom is -0.440 e. The maximum atomic E-state index is 11.8. The van der Waals surface area contributed by atoms with Gasteiger partial charge in [0.15, 0.2) is 0 Å². The van der Waals surface area contributed by atoms with E-state index in [1.165, 1.54) is 24.1 Å². The van der Waals surface area contributed by atoms with E-state index in [1.54, 1.807) is 0 Å². The first-order valence-electron chi connectivity index (χ1n) is 5.95. The number of likely N-dealkylation sites (tertiary alicyclic amines) is 1. The van der Waals surface area contributed by atoms with E-state index in [2.05, 4.69) is 11.3 Å². The molecule has 1 amide bonds. The van der Waals surface area contributed by atoms with Gasteiger partial charge in [0.05, 0.1) is 5.92 Å². The van der Waals surface area contributed by atoms with Crippen molar-refractivity contribution in [1.82, 2.24) is 4.90 Å². The highest BCUT2D eigenvalue weighted by molar-refractivity contribution is 7.86. The first-order chi connectivity index (χ1) is 9.16. The molecule has 8 heteroatoms. The molecule has 0 aliphatic carbocycles. The molecule has 0 bridgehead atoms. The summed E-state index contributed by atoms with van der Waals surface area (Å²) in [7, 11) is -4.44. The van der Waals surface area contributed by atoms with E-state index in [9.17, 15) is 18.0 Å². The summed E-state index contributed by atoms with van der Waals surface area (Å²) in [6.07, 6.45) is 3.40. The normalized spacial score (nSPS) is 21.8. The van der Waals surface area contributed by atoms with Gasteiger partial charge in [-0.3, -0.25) is 9.35 Å². The number of hydrogen-bond donors (Lipinski definition) is 1. The molecule has 1 fully saturated rings. The zero-order valence-electron chi connectivity index (χ0n) is 11.3. The minimum atomic E-state index is -4.44. The third-order valence-corrected chi connectivity index (χ3v) is 3.90. The highest BCUT2D eigenvalue weighted by Crippen LogP contribution is 2.21. The van der Waals surface area contributed by atoms with Gasteiger partial charge < -0.3 is 9.64 Å². The Balaban J connectivity index is 2.73. The number of hydrogen-bond acceptors (Lipinski definition) is 5. The van der Waals surface area contributed by atoms with Crippen molar-refractivity contribution >= 4 is 22.0 Å². The number of ether oxygens (including phenoxy) is 1. The van der Waals surface area contributed by atoms with Gasteiger partial charge in [-0.1, -0.05) is 12.7 Å². The Labute approximate surface area is 117 Å². The summed E-state index contributed by atoms with van der Waals surface area (Å²) >= 11 is 0. The van der Waals surface area contributed by atoms with Crippen LogP contribution in [0.15, 0.2) is 24.4 Å². The van der Waals surface area contributed by atoms with Crippen LogP contribution in [-0.4, -0.2) is 41.7 Å². The summed E-state index contributed by atoms with van der Waals surface area (Å²) in [6, 6.07) is 0. The van der Waals surface area contributed by atoms with Crippen molar-refractivity contribution in [1.29, 1.82) is 0 Å². The molecular formula is C12H17NO6S. The van der Waals surface area contributed by atoms with Crippen LogP contribution in [0.4, 0.5) is 0 Å². The zero-order valence-corrected chi connectivity index (χ0v) is 12.1. The SMILES string of the molecule is C=CN1CCC(/C=C(\C)C(=O)OC(C)S(=O)(=O)O)C1=O. The summed E-state index contributed by atoms with van der Waals surface area (Å²) in [6.45, 7) is 6.49. The third-order valence-electron chi connectivity index (χ3n) is 2.97. The lowest BCUT2D eigenvalue weighted by Gasteiger charge is -2.11. The molecule has 7 nitrogen and oxygen atoms in total. The molecule has 1 aliphatic heterocycles. The molecule has 0 aromatic heterocycles. The molecule has 0 saturated carbocycles. The number of rotatable bonds is 5. The monoisotopic (exact) mass is 303 g/mol. The van der Waals surface area contributed by atoms with Crippen molar-refractivity contribution in [3.63, 3.8) is 0 Å². The number of nitrogens with zero attached hydrogens (tertiary/aromatic N) is 1. The first-order valence-corrected chi connectivity index (χ1v) is 7.46. The predicted molar refractivity (Wildman–Crippen MR) is 70.9 cm³/mol. The molecule has 2 atom stereocenters. The molecule has 20 heavy (non-hydrogen) atoms. The second kappa shape index (κ2) is 6.19. The Morgan fingerprint density at radius 1 is 1.60 bits per heavy atom. The largest absolute Gasteiger partial charge is 0.440 e. The highest BCUT2D eigenvalue weighted by atomic mass is 32.2. The predicted octanol–water partition coefficient (Wildman–Crippen LogP) is 0.702. The second-order valence-corrected chi connectivity index (χ2v) is 6.14. The smallest absolute Gasteiger partial charge is 0.334 e. The van der Waals surface area contributed by atoms with Gasteiger partial charge in [0, 0.05) is 12.1 Å². The van der Waals surface area contributed by atoms with Gasteiger partial charge in [-0.05, 0) is 26.5 Å². The average molecular weight is 303 g/mol. The van der Waals surface area contributed by atoms with Gasteiger partial charge >= 0.3 is 16.1 Å². The molecule has 1 heterocycles. The Kier molecular flexibility index (Phi) is 5.07. The van der Waals surface area contributed by atoms with Crippen LogP contribution in [0.5, 0.6) is 0 Å². The molecule has 0 aromatic carbocycles. The first kappa shape index (κ1) is 16.4. The van der Waals surface area contributed by atoms with Crippen LogP contribution in [0.1, 0.15) is 20.3 Å². The maximum absolute atomic E-state index is 11.8. The zero-order chi connectivity index (χ0) is 15.5. The van der Waals surface area contributed by atoms with E-state index in [0.717, 1.165) is 6.92 Å². The van der Waals surface area contributed by atoms with Gasteiger partial charge in [0.25, 0.3) is 0 Å². The maximum Gasteiger partial charge on any atom is 0.334 e. The van der Waals surface area contributed by atoms with Gasteiger partial charge in [-0.2, -0.15) is 8.42 Å². The van der Waals surface area contributed by atoms with Crippen LogP contribution in [-0.2, 0) is 24.4 Å². The lowest BCUT2D eigenvalue weighted by molar-refractivity contribution is -0.140. The van der Waals surface area contributed by atoms with E-state index in [4.69, 9.17) is 4.55 Å². The Morgan fingerprint density at radius 3 is 2.65 bits per heavy atom. The van der Waals surface area contributed by atoms with E-state index in [-0.39, 0.29) is 11.5 Å². The summed E-state index contributed by atoms with van der Waals surface area (Å²) in [5.41, 5.74) is -1.54. The molecule has 2 unspecified atom stereocenters. The fourth-order valence-electron chi connectivity index (χ4n) is 1.74. The molecule has 1 saturated heterocycles. The van der Waals surface area contributed by atoms with Gasteiger partial charge in [-0.15, -0.1) is 0 Å². The lowest BCUT2D eigenvalue weighted by atomic mass is 10.1. The van der Waals surface area contributed by atoms with Crippen LogP contribution in [0.3, 0.4) is 0 Å². The van der Waals surface area contributed by atoms with Crippen molar-refractivity contribution in [3.8, 4) is 0 Å². The van der Waals surface area contributed by atoms with E-state index in [1.807, 2.05) is 0 Å². The van der Waals surface area contributed by atoms with Crippen LogP contribution in [0.25, 0.3) is 0 Å². The van der Waals surface area contributed by atoms with Crippen molar-refractivity contribution < 1.29 is 27.3 Å². The number of carbonyl (C=O) groups excluding carboxylic acids is 2. The van der Waals surface area contributed by atoms with Crippen LogP contribution in [0, 0.1) is 5.92 Å². The topological polar surface area (TPSA) is 101 Å². The van der Waals surface area contributed by atoms with Gasteiger partial charge in [0.2, 0.25) is 11.3 Å². The summed E-state index contributed by atoms with van der Waals surface area (Å²) in [5, 5.41) is 0. The standard InChI is InChI=1S/C12H17NO6S/c1-4-13-6-5-10(11(13)14)7-8(2)12(15)19-9(3)20(16,17)18/h4,7,9-10H,1,5-6H2,2-3H3,(H,16,17,18)/b8-7+. The van der Waals surface area contributed by atoms with Gasteiger partial charge in [-0.25, -0.2) is 4.79 Å². The molecule has 1 aliphatic rings. The lowest BCUT2D eigenvalue weighted by Crippen LogP contribution is -2.25. The summed E-state index contributed by atoms with van der Waals surface area (Å²) < 4.78 is 34.8. The minimum absolute atomic E-state index is 0.116. The molecule has 0 aromatic rings. The molecule has 1 rings (SSSR count). The summed E-state index contributed by atoms with van der Waals surface area (Å²) in [4.78, 5) is 24.9. The van der Waals surface area contributed by atoms with Crippen molar-refractivity contribution in [2.45, 2.75) is 25.7 Å². The fourth-order valence-corrected chi connectivity index (χ4v) is 1.94. The number of amides is 1. The fraction of sp³-hybridized carbons (Fsp3) is 0.500.